The number of carbonyl (C=O) groups excluding carboxylic acids is 1. The number of carbonyl (C=O) groups is 1. The Hall–Kier alpha value is -1.40. The molecule has 6 nitrogen and oxygen atoms in total. The summed E-state index contributed by atoms with van der Waals surface area (Å²) in [5, 5.41) is 15.5. The van der Waals surface area contributed by atoms with Crippen LogP contribution in [0, 0.1) is 0 Å². The highest BCUT2D eigenvalue weighted by Gasteiger charge is 2.15. The molecule has 1 heterocycles. The van der Waals surface area contributed by atoms with Gasteiger partial charge in [0.05, 0.1) is 12.6 Å². The number of hydrogen-bond donors (Lipinski definition) is 2. The molecule has 1 amide bonds. The van der Waals surface area contributed by atoms with Gasteiger partial charge in [-0.3, -0.25) is 9.48 Å². The van der Waals surface area contributed by atoms with Crippen molar-refractivity contribution in [2.45, 2.75) is 12.5 Å². The molecule has 0 aliphatic carbocycles. The first-order valence-corrected chi connectivity index (χ1v) is 5.07. The minimum atomic E-state index is -0.212. The highest BCUT2D eigenvalue weighted by atomic mass is 16.5. The zero-order valence-corrected chi connectivity index (χ0v) is 9.51. The molecule has 1 unspecified atom stereocenters. The van der Waals surface area contributed by atoms with Crippen LogP contribution in [0.4, 0.5) is 0 Å². The maximum Gasteiger partial charge on any atom is 0.269 e. The third-order valence-corrected chi connectivity index (χ3v) is 2.23. The van der Waals surface area contributed by atoms with Crippen LogP contribution in [0.1, 0.15) is 16.9 Å². The quantitative estimate of drug-likeness (QED) is 0.690. The molecule has 16 heavy (non-hydrogen) atoms. The Balaban J connectivity index is 2.58. The third kappa shape index (κ3) is 3.32. The van der Waals surface area contributed by atoms with E-state index in [1.54, 1.807) is 26.4 Å². The van der Waals surface area contributed by atoms with E-state index >= 15 is 0 Å². The predicted molar refractivity (Wildman–Crippen MR) is 58.0 cm³/mol. The number of rotatable bonds is 6. The van der Waals surface area contributed by atoms with Gasteiger partial charge in [-0.15, -0.1) is 0 Å². The van der Waals surface area contributed by atoms with Crippen molar-refractivity contribution in [1.82, 2.24) is 15.1 Å². The smallest absolute Gasteiger partial charge is 0.269 e. The number of methoxy groups -OCH3 is 1. The molecular formula is C10H17N3O3. The molecular weight excluding hydrogens is 210 g/mol. The number of amides is 1. The van der Waals surface area contributed by atoms with Crippen LogP contribution in [0.3, 0.4) is 0 Å². The van der Waals surface area contributed by atoms with Crippen molar-refractivity contribution in [3.63, 3.8) is 0 Å². The van der Waals surface area contributed by atoms with E-state index in [4.69, 9.17) is 9.84 Å². The van der Waals surface area contributed by atoms with Gasteiger partial charge < -0.3 is 15.2 Å². The van der Waals surface area contributed by atoms with Crippen LogP contribution in [0.15, 0.2) is 12.3 Å². The highest BCUT2D eigenvalue weighted by Crippen LogP contribution is 1.99. The van der Waals surface area contributed by atoms with Gasteiger partial charge in [-0.05, 0) is 12.5 Å². The molecule has 0 aliphatic heterocycles. The lowest BCUT2D eigenvalue weighted by Crippen LogP contribution is -2.39. The van der Waals surface area contributed by atoms with E-state index in [0.29, 0.717) is 18.7 Å². The van der Waals surface area contributed by atoms with Crippen molar-refractivity contribution in [2.75, 3.05) is 20.3 Å². The normalized spacial score (nSPS) is 12.4. The summed E-state index contributed by atoms with van der Waals surface area (Å²) in [6.45, 7) is 0.393. The van der Waals surface area contributed by atoms with Crippen molar-refractivity contribution in [2.24, 2.45) is 7.05 Å². The molecule has 0 aliphatic rings. The summed E-state index contributed by atoms with van der Waals surface area (Å²) in [4.78, 5) is 11.8. The van der Waals surface area contributed by atoms with E-state index < -0.39 is 0 Å². The van der Waals surface area contributed by atoms with Gasteiger partial charge in [0, 0.05) is 27.0 Å². The fraction of sp³-hybridized carbons (Fsp3) is 0.600. The molecule has 0 saturated heterocycles. The maximum absolute atomic E-state index is 11.8. The Morgan fingerprint density at radius 3 is 3.00 bits per heavy atom. The molecule has 0 radical (unpaired) electrons. The summed E-state index contributed by atoms with van der Waals surface area (Å²) in [5.74, 6) is -0.212. The van der Waals surface area contributed by atoms with E-state index in [1.165, 1.54) is 4.68 Å². The number of hydrogen-bond acceptors (Lipinski definition) is 4. The van der Waals surface area contributed by atoms with Crippen molar-refractivity contribution >= 4 is 5.91 Å². The first kappa shape index (κ1) is 12.7. The second-order valence-corrected chi connectivity index (χ2v) is 3.48. The van der Waals surface area contributed by atoms with Gasteiger partial charge in [-0.2, -0.15) is 5.10 Å². The summed E-state index contributed by atoms with van der Waals surface area (Å²) in [5.41, 5.74) is 0.485. The van der Waals surface area contributed by atoms with E-state index in [9.17, 15) is 4.79 Å². The standard InChI is InChI=1S/C10H17N3O3/c1-13-9(3-5-11-13)10(15)12-8(4-6-14)7-16-2/h3,5,8,14H,4,6-7H2,1-2H3,(H,12,15). The minimum Gasteiger partial charge on any atom is -0.396 e. The molecule has 0 spiro atoms. The highest BCUT2D eigenvalue weighted by molar-refractivity contribution is 5.92. The fourth-order valence-corrected chi connectivity index (χ4v) is 1.41. The second-order valence-electron chi connectivity index (χ2n) is 3.48. The van der Waals surface area contributed by atoms with Crippen molar-refractivity contribution < 1.29 is 14.6 Å². The summed E-state index contributed by atoms with van der Waals surface area (Å²) in [6, 6.07) is 1.45. The summed E-state index contributed by atoms with van der Waals surface area (Å²) < 4.78 is 6.45. The van der Waals surface area contributed by atoms with Gasteiger partial charge in [-0.1, -0.05) is 0 Å². The molecule has 0 aromatic carbocycles. The number of nitrogens with zero attached hydrogens (tertiary/aromatic N) is 2. The Kier molecular flexibility index (Phi) is 4.94. The van der Waals surface area contributed by atoms with E-state index in [2.05, 4.69) is 10.4 Å². The van der Waals surface area contributed by atoms with Crippen LogP contribution >= 0.6 is 0 Å². The van der Waals surface area contributed by atoms with E-state index in [1.807, 2.05) is 0 Å². The Labute approximate surface area is 94.2 Å². The second kappa shape index (κ2) is 6.24. The van der Waals surface area contributed by atoms with Crippen molar-refractivity contribution in [3.8, 4) is 0 Å². The van der Waals surface area contributed by atoms with Gasteiger partial charge in [-0.25, -0.2) is 0 Å². The fourth-order valence-electron chi connectivity index (χ4n) is 1.41. The monoisotopic (exact) mass is 227 g/mol. The van der Waals surface area contributed by atoms with E-state index in [0.717, 1.165) is 0 Å². The Morgan fingerprint density at radius 1 is 1.75 bits per heavy atom. The van der Waals surface area contributed by atoms with Crippen LogP contribution in [0.5, 0.6) is 0 Å². The molecule has 0 bridgehead atoms. The maximum atomic E-state index is 11.8. The molecule has 0 fully saturated rings. The van der Waals surface area contributed by atoms with Gasteiger partial charge in [0.2, 0.25) is 0 Å². The zero-order valence-electron chi connectivity index (χ0n) is 9.51. The number of aliphatic hydroxyl groups excluding tert-OH is 1. The lowest BCUT2D eigenvalue weighted by molar-refractivity contribution is 0.0869. The first-order valence-electron chi connectivity index (χ1n) is 5.07. The summed E-state index contributed by atoms with van der Waals surface area (Å²) in [6.07, 6.45) is 2.03. The number of ether oxygens (including phenoxy) is 1. The van der Waals surface area contributed by atoms with Crippen molar-refractivity contribution in [1.29, 1.82) is 0 Å². The molecule has 6 heteroatoms. The minimum absolute atomic E-state index is 0.0136. The lowest BCUT2D eigenvalue weighted by Gasteiger charge is -2.16. The molecule has 2 N–H and O–H groups in total. The molecule has 1 aromatic rings. The number of aryl methyl sites for hydroxylation is 1. The lowest BCUT2D eigenvalue weighted by atomic mass is 10.2. The Morgan fingerprint density at radius 2 is 2.50 bits per heavy atom. The predicted octanol–water partition coefficient (Wildman–Crippen LogP) is -0.453. The first-order chi connectivity index (χ1) is 7.69. The largest absolute Gasteiger partial charge is 0.396 e. The summed E-state index contributed by atoms with van der Waals surface area (Å²) >= 11 is 0. The average molecular weight is 227 g/mol. The number of aromatic nitrogens is 2. The SMILES string of the molecule is COCC(CCO)NC(=O)c1ccnn1C. The van der Waals surface area contributed by atoms with Crippen LogP contribution in [0.25, 0.3) is 0 Å². The van der Waals surface area contributed by atoms with Gasteiger partial charge in [0.25, 0.3) is 5.91 Å². The molecule has 1 rings (SSSR count). The third-order valence-electron chi connectivity index (χ3n) is 2.23. The van der Waals surface area contributed by atoms with Crippen LogP contribution in [-0.4, -0.2) is 47.2 Å². The topological polar surface area (TPSA) is 76.4 Å². The molecule has 1 atom stereocenters. The number of aliphatic hydroxyl groups is 1. The van der Waals surface area contributed by atoms with Crippen LogP contribution < -0.4 is 5.32 Å². The zero-order chi connectivity index (χ0) is 12.0. The van der Waals surface area contributed by atoms with Crippen LogP contribution in [-0.2, 0) is 11.8 Å². The average Bonchev–Trinajstić information content (AvgIpc) is 2.65. The van der Waals surface area contributed by atoms with Crippen LogP contribution in [0.2, 0.25) is 0 Å². The molecule has 0 saturated carbocycles. The number of nitrogens with one attached hydrogen (secondary N) is 1. The van der Waals surface area contributed by atoms with E-state index in [-0.39, 0.29) is 18.6 Å². The summed E-state index contributed by atoms with van der Waals surface area (Å²) in [7, 11) is 3.26. The molecule has 1 aromatic heterocycles. The van der Waals surface area contributed by atoms with Crippen molar-refractivity contribution in [3.05, 3.63) is 18.0 Å². The Bertz CT molecular complexity index is 332. The van der Waals surface area contributed by atoms with Gasteiger partial charge in [0.1, 0.15) is 5.69 Å². The van der Waals surface area contributed by atoms with Gasteiger partial charge in [0.15, 0.2) is 0 Å². The molecule has 90 valence electrons. The van der Waals surface area contributed by atoms with Gasteiger partial charge >= 0.3 is 0 Å².